The molecule has 0 amide bonds. The van der Waals surface area contributed by atoms with Crippen molar-refractivity contribution in [2.24, 2.45) is 5.41 Å². The molecule has 4 nitrogen and oxygen atoms in total. The van der Waals surface area contributed by atoms with E-state index in [2.05, 4.69) is 43.0 Å². The zero-order chi connectivity index (χ0) is 14.2. The van der Waals surface area contributed by atoms with Gasteiger partial charge in [-0.2, -0.15) is 0 Å². The second-order valence-electron chi connectivity index (χ2n) is 6.06. The van der Waals surface area contributed by atoms with Gasteiger partial charge in [0, 0.05) is 24.1 Å². The fourth-order valence-electron chi connectivity index (χ4n) is 2.70. The zero-order valence-electron chi connectivity index (χ0n) is 12.2. The summed E-state index contributed by atoms with van der Waals surface area (Å²) < 4.78 is 5.47. The van der Waals surface area contributed by atoms with E-state index in [1.165, 1.54) is 6.33 Å². The van der Waals surface area contributed by atoms with Crippen LogP contribution in [0.4, 0.5) is 5.82 Å². The molecular weight excluding hydrogens is 262 g/mol. The van der Waals surface area contributed by atoms with Crippen LogP contribution >= 0.6 is 11.6 Å². The number of nitrogens with one attached hydrogen (secondary N) is 1. The van der Waals surface area contributed by atoms with Gasteiger partial charge in [-0.3, -0.25) is 0 Å². The second-order valence-corrected chi connectivity index (χ2v) is 6.42. The van der Waals surface area contributed by atoms with Crippen molar-refractivity contribution in [3.8, 4) is 0 Å². The number of aromatic nitrogens is 2. The van der Waals surface area contributed by atoms with Gasteiger partial charge in [0.1, 0.15) is 17.3 Å². The van der Waals surface area contributed by atoms with Gasteiger partial charge in [0.05, 0.1) is 6.10 Å². The van der Waals surface area contributed by atoms with E-state index in [1.54, 1.807) is 7.11 Å². The third-order valence-electron chi connectivity index (χ3n) is 4.19. The number of ether oxygens (including phenoxy) is 1. The molecule has 0 saturated heterocycles. The van der Waals surface area contributed by atoms with Crippen molar-refractivity contribution in [2.75, 3.05) is 12.4 Å². The van der Waals surface area contributed by atoms with Crippen molar-refractivity contribution >= 4 is 17.4 Å². The maximum absolute atomic E-state index is 6.18. The van der Waals surface area contributed by atoms with Gasteiger partial charge in [0.15, 0.2) is 0 Å². The lowest BCUT2D eigenvalue weighted by molar-refractivity contribution is -0.0795. The first-order chi connectivity index (χ1) is 8.87. The molecule has 1 fully saturated rings. The fourth-order valence-corrected chi connectivity index (χ4v) is 3.05. The molecule has 19 heavy (non-hydrogen) atoms. The second kappa shape index (κ2) is 5.25. The standard InChI is InChI=1S/C14H22ClN3O/c1-8(2)11-12(15)16-7-17-13(11)18-9-6-10(19-5)14(9,3)4/h7-10H,6H2,1-5H3,(H,16,17,18). The predicted molar refractivity (Wildman–Crippen MR) is 77.7 cm³/mol. The first-order valence-electron chi connectivity index (χ1n) is 6.67. The van der Waals surface area contributed by atoms with Gasteiger partial charge in [-0.15, -0.1) is 0 Å². The number of nitrogens with zero attached hydrogens (tertiary/aromatic N) is 2. The van der Waals surface area contributed by atoms with E-state index >= 15 is 0 Å². The number of methoxy groups -OCH3 is 1. The van der Waals surface area contributed by atoms with Crippen molar-refractivity contribution in [3.05, 3.63) is 17.0 Å². The Balaban J connectivity index is 2.19. The Labute approximate surface area is 119 Å². The third kappa shape index (κ3) is 2.56. The first-order valence-corrected chi connectivity index (χ1v) is 7.05. The molecule has 0 spiro atoms. The summed E-state index contributed by atoms with van der Waals surface area (Å²) in [6.45, 7) is 8.61. The number of rotatable bonds is 4. The summed E-state index contributed by atoms with van der Waals surface area (Å²) in [7, 11) is 1.77. The molecular formula is C14H22ClN3O. The quantitative estimate of drug-likeness (QED) is 0.860. The van der Waals surface area contributed by atoms with Crippen LogP contribution in [0.1, 0.15) is 45.6 Å². The predicted octanol–water partition coefficient (Wildman–Crippen LogP) is 3.48. The Bertz CT molecular complexity index is 462. The summed E-state index contributed by atoms with van der Waals surface area (Å²) >= 11 is 6.18. The summed E-state index contributed by atoms with van der Waals surface area (Å²) in [6, 6.07) is 0.348. The third-order valence-corrected chi connectivity index (χ3v) is 4.49. The first kappa shape index (κ1) is 14.5. The van der Waals surface area contributed by atoms with Crippen LogP contribution in [0.3, 0.4) is 0 Å². The monoisotopic (exact) mass is 283 g/mol. The van der Waals surface area contributed by atoms with Crippen LogP contribution < -0.4 is 5.32 Å². The van der Waals surface area contributed by atoms with E-state index in [9.17, 15) is 0 Å². The Morgan fingerprint density at radius 2 is 2.11 bits per heavy atom. The molecule has 1 aliphatic carbocycles. The van der Waals surface area contributed by atoms with Crippen molar-refractivity contribution in [3.63, 3.8) is 0 Å². The SMILES string of the molecule is COC1CC(Nc2ncnc(Cl)c2C(C)C)C1(C)C. The highest BCUT2D eigenvalue weighted by Gasteiger charge is 2.48. The van der Waals surface area contributed by atoms with Gasteiger partial charge in [-0.1, -0.05) is 39.3 Å². The summed E-state index contributed by atoms with van der Waals surface area (Å²) in [6.07, 6.45) is 2.79. The molecule has 1 N–H and O–H groups in total. The number of hydrogen-bond donors (Lipinski definition) is 1. The van der Waals surface area contributed by atoms with Crippen LogP contribution in [-0.4, -0.2) is 29.2 Å². The zero-order valence-corrected chi connectivity index (χ0v) is 13.0. The van der Waals surface area contributed by atoms with Crippen LogP contribution in [0.25, 0.3) is 0 Å². The topological polar surface area (TPSA) is 47.0 Å². The Morgan fingerprint density at radius 3 is 2.63 bits per heavy atom. The summed E-state index contributed by atoms with van der Waals surface area (Å²) in [4.78, 5) is 8.42. The van der Waals surface area contributed by atoms with E-state index < -0.39 is 0 Å². The summed E-state index contributed by atoms with van der Waals surface area (Å²) in [5.74, 6) is 1.14. The van der Waals surface area contributed by atoms with Crippen LogP contribution in [0.5, 0.6) is 0 Å². The molecule has 0 radical (unpaired) electrons. The van der Waals surface area contributed by atoms with E-state index in [4.69, 9.17) is 16.3 Å². The van der Waals surface area contributed by atoms with Gasteiger partial charge >= 0.3 is 0 Å². The van der Waals surface area contributed by atoms with Crippen molar-refractivity contribution in [1.82, 2.24) is 9.97 Å². The molecule has 2 unspecified atom stereocenters. The highest BCUT2D eigenvalue weighted by molar-refractivity contribution is 6.30. The molecule has 1 aliphatic rings. The molecule has 1 aromatic heterocycles. The fraction of sp³-hybridized carbons (Fsp3) is 0.714. The van der Waals surface area contributed by atoms with E-state index in [-0.39, 0.29) is 11.3 Å². The Kier molecular flexibility index (Phi) is 4.02. The van der Waals surface area contributed by atoms with Crippen molar-refractivity contribution < 1.29 is 4.74 Å². The van der Waals surface area contributed by atoms with E-state index in [1.807, 2.05) is 0 Å². The molecule has 0 bridgehead atoms. The molecule has 0 aromatic carbocycles. The van der Waals surface area contributed by atoms with E-state index in [0.717, 1.165) is 17.8 Å². The molecule has 106 valence electrons. The average Bonchev–Trinajstić information content (AvgIpc) is 2.33. The Morgan fingerprint density at radius 1 is 1.42 bits per heavy atom. The molecule has 0 aliphatic heterocycles. The number of hydrogen-bond acceptors (Lipinski definition) is 4. The average molecular weight is 284 g/mol. The molecule has 2 rings (SSSR count). The molecule has 1 aromatic rings. The molecule has 1 heterocycles. The largest absolute Gasteiger partial charge is 0.381 e. The molecule has 1 saturated carbocycles. The lowest BCUT2D eigenvalue weighted by Crippen LogP contribution is -2.57. The number of halogens is 1. The van der Waals surface area contributed by atoms with Gasteiger partial charge < -0.3 is 10.1 Å². The van der Waals surface area contributed by atoms with Gasteiger partial charge in [0.25, 0.3) is 0 Å². The highest BCUT2D eigenvalue weighted by Crippen LogP contribution is 2.44. The van der Waals surface area contributed by atoms with Crippen LogP contribution in [0.2, 0.25) is 5.15 Å². The van der Waals surface area contributed by atoms with Crippen LogP contribution in [0, 0.1) is 5.41 Å². The van der Waals surface area contributed by atoms with Crippen LogP contribution in [0.15, 0.2) is 6.33 Å². The normalized spacial score (nSPS) is 25.2. The maximum atomic E-state index is 6.18. The minimum atomic E-state index is 0.0976. The lowest BCUT2D eigenvalue weighted by Gasteiger charge is -2.51. The molecule has 5 heteroatoms. The van der Waals surface area contributed by atoms with Crippen LogP contribution in [-0.2, 0) is 4.74 Å². The maximum Gasteiger partial charge on any atom is 0.138 e. The highest BCUT2D eigenvalue weighted by atomic mass is 35.5. The van der Waals surface area contributed by atoms with Crippen molar-refractivity contribution in [1.29, 1.82) is 0 Å². The number of anilines is 1. The molecule has 2 atom stereocenters. The van der Waals surface area contributed by atoms with Gasteiger partial charge in [-0.25, -0.2) is 9.97 Å². The summed E-state index contributed by atoms with van der Waals surface area (Å²) in [5, 5.41) is 4.04. The van der Waals surface area contributed by atoms with E-state index in [0.29, 0.717) is 17.3 Å². The minimum absolute atomic E-state index is 0.0976. The van der Waals surface area contributed by atoms with Crippen molar-refractivity contribution in [2.45, 2.75) is 52.2 Å². The van der Waals surface area contributed by atoms with Gasteiger partial charge in [0.2, 0.25) is 0 Å². The van der Waals surface area contributed by atoms with Gasteiger partial charge in [-0.05, 0) is 12.3 Å². The lowest BCUT2D eigenvalue weighted by atomic mass is 9.64. The smallest absolute Gasteiger partial charge is 0.138 e. The summed E-state index contributed by atoms with van der Waals surface area (Å²) in [5.41, 5.74) is 1.08. The Hall–Kier alpha value is -0.870. The minimum Gasteiger partial charge on any atom is -0.381 e.